The van der Waals surface area contributed by atoms with Crippen LogP contribution in [0.15, 0.2) is 23.5 Å². The third-order valence-electron chi connectivity index (χ3n) is 2.28. The normalized spacial score (nSPS) is 11.8. The van der Waals surface area contributed by atoms with Gasteiger partial charge in [-0.3, -0.25) is 0 Å². The summed E-state index contributed by atoms with van der Waals surface area (Å²) in [5.41, 5.74) is 2.08. The van der Waals surface area contributed by atoms with Gasteiger partial charge in [-0.15, -0.1) is 0 Å². The SMILES string of the molecule is Cc1cc(C)n(-c2cc(Cl)nc(SS(C)(=O)=O)n2)c1. The summed E-state index contributed by atoms with van der Waals surface area (Å²) >= 11 is 5.92. The molecule has 0 N–H and O–H groups in total. The maximum absolute atomic E-state index is 11.3. The lowest BCUT2D eigenvalue weighted by atomic mass is 10.4. The van der Waals surface area contributed by atoms with Crippen LogP contribution in [0.1, 0.15) is 11.3 Å². The van der Waals surface area contributed by atoms with Gasteiger partial charge in [0.2, 0.25) is 14.0 Å². The zero-order valence-corrected chi connectivity index (χ0v) is 13.0. The highest BCUT2D eigenvalue weighted by molar-refractivity contribution is 8.71. The number of nitrogens with zero attached hydrogens (tertiary/aromatic N) is 3. The van der Waals surface area contributed by atoms with E-state index in [0.717, 1.165) is 17.5 Å². The van der Waals surface area contributed by atoms with Crippen LogP contribution >= 0.6 is 22.4 Å². The molecule has 8 heteroatoms. The average molecular weight is 318 g/mol. The van der Waals surface area contributed by atoms with Crippen molar-refractivity contribution >= 4 is 31.3 Å². The zero-order valence-electron chi connectivity index (χ0n) is 10.6. The van der Waals surface area contributed by atoms with Crippen molar-refractivity contribution in [3.8, 4) is 5.82 Å². The fourth-order valence-electron chi connectivity index (χ4n) is 1.67. The van der Waals surface area contributed by atoms with Gasteiger partial charge >= 0.3 is 0 Å². The maximum Gasteiger partial charge on any atom is 0.206 e. The van der Waals surface area contributed by atoms with E-state index in [1.165, 1.54) is 0 Å². The van der Waals surface area contributed by atoms with E-state index in [4.69, 9.17) is 11.6 Å². The van der Waals surface area contributed by atoms with E-state index in [-0.39, 0.29) is 10.3 Å². The van der Waals surface area contributed by atoms with Gasteiger partial charge in [0.15, 0.2) is 0 Å². The summed E-state index contributed by atoms with van der Waals surface area (Å²) < 4.78 is 24.4. The second-order valence-corrected chi connectivity index (χ2v) is 8.79. The molecule has 0 aliphatic carbocycles. The van der Waals surface area contributed by atoms with Crippen LogP contribution in [0.25, 0.3) is 5.82 Å². The summed E-state index contributed by atoms with van der Waals surface area (Å²) in [5, 5.41) is 0.331. The van der Waals surface area contributed by atoms with Gasteiger partial charge in [0, 0.05) is 35.0 Å². The fraction of sp³-hybridized carbons (Fsp3) is 0.273. The first-order valence-corrected chi connectivity index (χ1v) is 8.95. The van der Waals surface area contributed by atoms with Crippen molar-refractivity contribution in [2.75, 3.05) is 6.26 Å². The molecule has 0 aliphatic rings. The molecule has 0 spiro atoms. The molecule has 2 rings (SSSR count). The summed E-state index contributed by atoms with van der Waals surface area (Å²) in [6.07, 6.45) is 3.01. The Kier molecular flexibility index (Phi) is 3.89. The van der Waals surface area contributed by atoms with Crippen LogP contribution in [0.3, 0.4) is 0 Å². The Morgan fingerprint density at radius 3 is 2.47 bits per heavy atom. The summed E-state index contributed by atoms with van der Waals surface area (Å²) in [6, 6.07) is 3.60. The van der Waals surface area contributed by atoms with E-state index in [1.807, 2.05) is 30.7 Å². The number of aryl methyl sites for hydroxylation is 2. The summed E-state index contributed by atoms with van der Waals surface area (Å²) in [5.74, 6) is 0.553. The van der Waals surface area contributed by atoms with Crippen molar-refractivity contribution in [3.63, 3.8) is 0 Å². The highest BCUT2D eigenvalue weighted by atomic mass is 35.5. The molecule has 0 radical (unpaired) electrons. The Labute approximate surface area is 120 Å². The van der Waals surface area contributed by atoms with Crippen molar-refractivity contribution in [2.45, 2.75) is 19.0 Å². The van der Waals surface area contributed by atoms with Crippen LogP contribution in [0.4, 0.5) is 0 Å². The predicted molar refractivity (Wildman–Crippen MR) is 76.5 cm³/mol. The van der Waals surface area contributed by atoms with E-state index < -0.39 is 8.87 Å². The summed E-state index contributed by atoms with van der Waals surface area (Å²) in [6.45, 7) is 3.91. The lowest BCUT2D eigenvalue weighted by Crippen LogP contribution is -2.02. The largest absolute Gasteiger partial charge is 0.305 e. The van der Waals surface area contributed by atoms with E-state index in [1.54, 1.807) is 6.07 Å². The van der Waals surface area contributed by atoms with E-state index >= 15 is 0 Å². The van der Waals surface area contributed by atoms with Crippen molar-refractivity contribution in [3.05, 3.63) is 34.7 Å². The minimum atomic E-state index is -3.27. The van der Waals surface area contributed by atoms with Crippen LogP contribution in [0.5, 0.6) is 0 Å². The molecule has 0 saturated carbocycles. The minimum absolute atomic E-state index is 0.121. The number of rotatable bonds is 3. The fourth-order valence-corrected chi connectivity index (χ4v) is 3.47. The highest BCUT2D eigenvalue weighted by Gasteiger charge is 2.13. The topological polar surface area (TPSA) is 64.8 Å². The first-order chi connectivity index (χ1) is 8.74. The number of aromatic nitrogens is 3. The van der Waals surface area contributed by atoms with E-state index in [0.29, 0.717) is 16.6 Å². The Bertz CT molecular complexity index is 726. The van der Waals surface area contributed by atoms with Crippen molar-refractivity contribution in [1.29, 1.82) is 0 Å². The van der Waals surface area contributed by atoms with Gasteiger partial charge < -0.3 is 4.57 Å². The van der Waals surface area contributed by atoms with Crippen LogP contribution in [-0.4, -0.2) is 29.2 Å². The van der Waals surface area contributed by atoms with Gasteiger partial charge in [-0.1, -0.05) is 11.6 Å². The average Bonchev–Trinajstić information content (AvgIpc) is 2.54. The van der Waals surface area contributed by atoms with Gasteiger partial charge in [0.05, 0.1) is 0 Å². The molecule has 0 atom stereocenters. The van der Waals surface area contributed by atoms with Crippen LogP contribution < -0.4 is 0 Å². The molecule has 0 amide bonds. The molecule has 102 valence electrons. The molecule has 2 heterocycles. The van der Waals surface area contributed by atoms with Gasteiger partial charge in [0.1, 0.15) is 11.0 Å². The van der Waals surface area contributed by atoms with Crippen molar-refractivity contribution in [2.24, 2.45) is 0 Å². The molecule has 5 nitrogen and oxygen atoms in total. The molecule has 2 aromatic rings. The Morgan fingerprint density at radius 2 is 1.95 bits per heavy atom. The smallest absolute Gasteiger partial charge is 0.206 e. The van der Waals surface area contributed by atoms with Crippen LogP contribution in [0, 0.1) is 13.8 Å². The third-order valence-corrected chi connectivity index (χ3v) is 4.47. The zero-order chi connectivity index (χ0) is 14.2. The molecule has 0 bridgehead atoms. The molecule has 19 heavy (non-hydrogen) atoms. The third kappa shape index (κ3) is 3.71. The predicted octanol–water partition coefficient (Wildman–Crippen LogP) is 2.59. The second-order valence-electron chi connectivity index (χ2n) is 4.15. The maximum atomic E-state index is 11.3. The number of hydrogen-bond donors (Lipinski definition) is 0. The van der Waals surface area contributed by atoms with E-state index in [9.17, 15) is 8.42 Å². The number of halogens is 1. The van der Waals surface area contributed by atoms with E-state index in [2.05, 4.69) is 9.97 Å². The van der Waals surface area contributed by atoms with Crippen LogP contribution in [0.2, 0.25) is 5.15 Å². The van der Waals surface area contributed by atoms with Gasteiger partial charge in [0.25, 0.3) is 0 Å². The van der Waals surface area contributed by atoms with Crippen molar-refractivity contribution in [1.82, 2.24) is 14.5 Å². The van der Waals surface area contributed by atoms with Gasteiger partial charge in [-0.05, 0) is 25.5 Å². The summed E-state index contributed by atoms with van der Waals surface area (Å²) in [7, 11) is -2.69. The van der Waals surface area contributed by atoms with Gasteiger partial charge in [-0.25, -0.2) is 18.4 Å². The molecular weight excluding hydrogens is 306 g/mol. The van der Waals surface area contributed by atoms with Gasteiger partial charge in [-0.2, -0.15) is 0 Å². The molecular formula is C11H12ClN3O2S2. The Hall–Kier alpha value is -1.05. The molecule has 0 unspecified atom stereocenters. The molecule has 0 fully saturated rings. The second kappa shape index (κ2) is 5.15. The molecule has 2 aromatic heterocycles. The Balaban J connectivity index is 2.50. The lowest BCUT2D eigenvalue weighted by molar-refractivity contribution is 0.615. The van der Waals surface area contributed by atoms with Crippen LogP contribution in [-0.2, 0) is 8.87 Å². The Morgan fingerprint density at radius 1 is 1.26 bits per heavy atom. The standard InChI is InChI=1S/C11H12ClN3O2S2/c1-7-4-8(2)15(6-7)10-5-9(12)13-11(14-10)18-19(3,16)17/h4-6H,1-3H3. The highest BCUT2D eigenvalue weighted by Crippen LogP contribution is 2.24. The summed E-state index contributed by atoms with van der Waals surface area (Å²) in [4.78, 5) is 8.12. The first-order valence-electron chi connectivity index (χ1n) is 5.34. The monoisotopic (exact) mass is 317 g/mol. The first kappa shape index (κ1) is 14.4. The molecule has 0 aromatic carbocycles. The quantitative estimate of drug-likeness (QED) is 0.494. The van der Waals surface area contributed by atoms with Crippen molar-refractivity contribution < 1.29 is 8.42 Å². The molecule has 0 saturated heterocycles. The lowest BCUT2D eigenvalue weighted by Gasteiger charge is -2.07. The molecule has 0 aliphatic heterocycles. The number of hydrogen-bond acceptors (Lipinski definition) is 5. The minimum Gasteiger partial charge on any atom is -0.305 e.